The molecule has 0 aromatic carbocycles. The molecule has 0 radical (unpaired) electrons. The first-order valence-corrected chi connectivity index (χ1v) is 6.86. The lowest BCUT2D eigenvalue weighted by Gasteiger charge is -1.99. The third-order valence-electron chi connectivity index (χ3n) is 2.33. The third-order valence-corrected chi connectivity index (χ3v) is 4.01. The smallest absolute Gasteiger partial charge is 0.299 e. The fourth-order valence-corrected chi connectivity index (χ4v) is 3.04. The van der Waals surface area contributed by atoms with Gasteiger partial charge in [-0.25, -0.2) is 4.79 Å². The first-order chi connectivity index (χ1) is 7.70. The quantitative estimate of drug-likeness (QED) is 0.853. The Morgan fingerprint density at radius 3 is 2.75 bits per heavy atom. The Labute approximate surface area is 106 Å². The summed E-state index contributed by atoms with van der Waals surface area (Å²) in [5.41, 5.74) is 0.0753. The molecule has 0 aliphatic heterocycles. The standard InChI is InChI=1S/C11H13BrN2OS/c1-2-3-13-4-5-14(11(13)15)7-10-6-9(12)8-16-10/h4-6,8H,2-3,7H2,1H3. The average Bonchev–Trinajstić information content (AvgIpc) is 2.80. The lowest BCUT2D eigenvalue weighted by atomic mass is 10.4. The van der Waals surface area contributed by atoms with E-state index in [-0.39, 0.29) is 5.69 Å². The van der Waals surface area contributed by atoms with Gasteiger partial charge < -0.3 is 0 Å². The molecule has 0 unspecified atom stereocenters. The minimum Gasteiger partial charge on any atom is -0.299 e. The molecule has 5 heteroatoms. The Morgan fingerprint density at radius 1 is 1.38 bits per heavy atom. The van der Waals surface area contributed by atoms with Crippen molar-refractivity contribution in [1.29, 1.82) is 0 Å². The van der Waals surface area contributed by atoms with Crippen LogP contribution in [0.4, 0.5) is 0 Å². The van der Waals surface area contributed by atoms with Crippen molar-refractivity contribution in [3.63, 3.8) is 0 Å². The highest BCUT2D eigenvalue weighted by Gasteiger charge is 2.04. The van der Waals surface area contributed by atoms with E-state index in [9.17, 15) is 4.79 Å². The predicted octanol–water partition coefficient (Wildman–Crippen LogP) is 2.93. The maximum atomic E-state index is 11.9. The van der Waals surface area contributed by atoms with E-state index in [0.717, 1.165) is 17.4 Å². The van der Waals surface area contributed by atoms with Crippen molar-refractivity contribution >= 4 is 27.3 Å². The van der Waals surface area contributed by atoms with Crippen LogP contribution in [-0.2, 0) is 13.1 Å². The second-order valence-electron chi connectivity index (χ2n) is 3.63. The van der Waals surface area contributed by atoms with Crippen LogP contribution in [0.25, 0.3) is 0 Å². The summed E-state index contributed by atoms with van der Waals surface area (Å²) in [6, 6.07) is 2.05. The molecule has 3 nitrogen and oxygen atoms in total. The van der Waals surface area contributed by atoms with E-state index < -0.39 is 0 Å². The normalized spacial score (nSPS) is 10.9. The molecular formula is C11H13BrN2OS. The van der Waals surface area contributed by atoms with E-state index in [0.29, 0.717) is 6.54 Å². The molecule has 2 rings (SSSR count). The topological polar surface area (TPSA) is 26.9 Å². The second kappa shape index (κ2) is 5.01. The van der Waals surface area contributed by atoms with Gasteiger partial charge in [-0.05, 0) is 28.4 Å². The van der Waals surface area contributed by atoms with Crippen LogP contribution < -0.4 is 5.69 Å². The first kappa shape index (κ1) is 11.7. The summed E-state index contributed by atoms with van der Waals surface area (Å²) in [5.74, 6) is 0. The first-order valence-electron chi connectivity index (χ1n) is 5.19. The monoisotopic (exact) mass is 300 g/mol. The number of hydrogen-bond acceptors (Lipinski definition) is 2. The van der Waals surface area contributed by atoms with E-state index in [4.69, 9.17) is 0 Å². The van der Waals surface area contributed by atoms with Gasteiger partial charge in [0.1, 0.15) is 0 Å². The van der Waals surface area contributed by atoms with Gasteiger partial charge in [0.25, 0.3) is 0 Å². The van der Waals surface area contributed by atoms with Crippen molar-refractivity contribution in [2.75, 3.05) is 0 Å². The zero-order valence-corrected chi connectivity index (χ0v) is 11.4. The summed E-state index contributed by atoms with van der Waals surface area (Å²) < 4.78 is 4.57. The van der Waals surface area contributed by atoms with Crippen LogP contribution >= 0.6 is 27.3 Å². The molecule has 0 saturated carbocycles. The van der Waals surface area contributed by atoms with Gasteiger partial charge in [0, 0.05) is 33.7 Å². The Morgan fingerprint density at radius 2 is 2.12 bits per heavy atom. The van der Waals surface area contributed by atoms with Crippen LogP contribution in [0.3, 0.4) is 0 Å². The fourth-order valence-electron chi connectivity index (χ4n) is 1.59. The summed E-state index contributed by atoms with van der Waals surface area (Å²) in [6.07, 6.45) is 4.69. The molecule has 0 atom stereocenters. The van der Waals surface area contributed by atoms with Crippen LogP contribution in [0.5, 0.6) is 0 Å². The van der Waals surface area contributed by atoms with Crippen molar-refractivity contribution in [1.82, 2.24) is 9.13 Å². The zero-order valence-electron chi connectivity index (χ0n) is 9.02. The molecule has 0 aliphatic rings. The number of rotatable bonds is 4. The predicted molar refractivity (Wildman–Crippen MR) is 70.1 cm³/mol. The molecule has 0 spiro atoms. The summed E-state index contributed by atoms with van der Waals surface area (Å²) in [5, 5.41) is 2.03. The van der Waals surface area contributed by atoms with Crippen molar-refractivity contribution in [3.8, 4) is 0 Å². The second-order valence-corrected chi connectivity index (χ2v) is 5.54. The van der Waals surface area contributed by atoms with Gasteiger partial charge >= 0.3 is 5.69 Å². The number of aryl methyl sites for hydroxylation is 1. The summed E-state index contributed by atoms with van der Waals surface area (Å²) in [4.78, 5) is 13.1. The number of hydrogen-bond donors (Lipinski definition) is 0. The molecule has 86 valence electrons. The number of thiophene rings is 1. The average molecular weight is 301 g/mol. The molecule has 2 aromatic heterocycles. The summed E-state index contributed by atoms with van der Waals surface area (Å²) in [6.45, 7) is 3.52. The SMILES string of the molecule is CCCn1ccn(Cc2cc(Br)cs2)c1=O. The number of aromatic nitrogens is 2. The van der Waals surface area contributed by atoms with Gasteiger partial charge in [-0.2, -0.15) is 0 Å². The zero-order chi connectivity index (χ0) is 11.5. The Bertz CT molecular complexity index is 526. The van der Waals surface area contributed by atoms with Gasteiger partial charge in [0.15, 0.2) is 0 Å². The van der Waals surface area contributed by atoms with Crippen molar-refractivity contribution < 1.29 is 0 Å². The van der Waals surface area contributed by atoms with Crippen LogP contribution in [0.15, 0.2) is 33.1 Å². The Balaban J connectivity index is 2.19. The highest BCUT2D eigenvalue weighted by Crippen LogP contribution is 2.20. The molecule has 0 amide bonds. The van der Waals surface area contributed by atoms with E-state index in [1.165, 1.54) is 4.88 Å². The molecule has 0 saturated heterocycles. The highest BCUT2D eigenvalue weighted by molar-refractivity contribution is 9.10. The third kappa shape index (κ3) is 2.47. The molecular weight excluding hydrogens is 288 g/mol. The van der Waals surface area contributed by atoms with Gasteiger partial charge in [-0.3, -0.25) is 9.13 Å². The highest BCUT2D eigenvalue weighted by atomic mass is 79.9. The fraction of sp³-hybridized carbons (Fsp3) is 0.364. The molecule has 2 aromatic rings. The van der Waals surface area contributed by atoms with Crippen LogP contribution in [0, 0.1) is 0 Å². The van der Waals surface area contributed by atoms with Gasteiger partial charge in [-0.15, -0.1) is 11.3 Å². The van der Waals surface area contributed by atoms with Crippen molar-refractivity contribution in [2.45, 2.75) is 26.4 Å². The Hall–Kier alpha value is -0.810. The maximum Gasteiger partial charge on any atom is 0.328 e. The lowest BCUT2D eigenvalue weighted by Crippen LogP contribution is -2.24. The molecule has 2 heterocycles. The number of halogens is 1. The molecule has 0 fully saturated rings. The number of nitrogens with zero attached hydrogens (tertiary/aromatic N) is 2. The summed E-state index contributed by atoms with van der Waals surface area (Å²) >= 11 is 5.07. The van der Waals surface area contributed by atoms with Gasteiger partial charge in [0.2, 0.25) is 0 Å². The molecule has 0 bridgehead atoms. The lowest BCUT2D eigenvalue weighted by molar-refractivity contribution is 0.625. The van der Waals surface area contributed by atoms with Crippen LogP contribution in [0.1, 0.15) is 18.2 Å². The Kier molecular flexibility index (Phi) is 3.66. The summed E-state index contributed by atoms with van der Waals surface area (Å²) in [7, 11) is 0. The molecule has 0 N–H and O–H groups in total. The van der Waals surface area contributed by atoms with Crippen molar-refractivity contribution in [2.24, 2.45) is 0 Å². The minimum atomic E-state index is 0.0753. The largest absolute Gasteiger partial charge is 0.328 e. The van der Waals surface area contributed by atoms with E-state index in [1.807, 2.05) is 23.8 Å². The van der Waals surface area contributed by atoms with Crippen LogP contribution in [0.2, 0.25) is 0 Å². The maximum absolute atomic E-state index is 11.9. The van der Waals surface area contributed by atoms with Crippen molar-refractivity contribution in [3.05, 3.63) is 43.7 Å². The molecule has 16 heavy (non-hydrogen) atoms. The van der Waals surface area contributed by atoms with Crippen LogP contribution in [-0.4, -0.2) is 9.13 Å². The molecule has 0 aliphatic carbocycles. The van der Waals surface area contributed by atoms with E-state index in [1.54, 1.807) is 20.5 Å². The van der Waals surface area contributed by atoms with E-state index in [2.05, 4.69) is 22.9 Å². The van der Waals surface area contributed by atoms with Gasteiger partial charge in [-0.1, -0.05) is 6.92 Å². The minimum absolute atomic E-state index is 0.0753. The van der Waals surface area contributed by atoms with Gasteiger partial charge in [0.05, 0.1) is 6.54 Å². The number of imidazole rings is 1. The van der Waals surface area contributed by atoms with E-state index >= 15 is 0 Å².